The van der Waals surface area contributed by atoms with E-state index < -0.39 is 27.4 Å². The summed E-state index contributed by atoms with van der Waals surface area (Å²) >= 11 is 12.1. The summed E-state index contributed by atoms with van der Waals surface area (Å²) in [6, 6.07) is 4.64. The molecule has 2 N–H and O–H groups in total. The molecule has 2 aromatic rings. The quantitative estimate of drug-likeness (QED) is 0.865. The highest BCUT2D eigenvalue weighted by atomic mass is 35.5. The number of hydrogen-bond donors (Lipinski definition) is 2. The van der Waals surface area contributed by atoms with Crippen molar-refractivity contribution in [2.24, 2.45) is 0 Å². The van der Waals surface area contributed by atoms with E-state index >= 15 is 0 Å². The first kappa shape index (κ1) is 16.8. The Morgan fingerprint density at radius 1 is 1.18 bits per heavy atom. The predicted octanol–water partition coefficient (Wildman–Crippen LogP) is 3.45. The number of furan rings is 1. The maximum atomic E-state index is 11.9. The van der Waals surface area contributed by atoms with E-state index in [0.717, 1.165) is 4.31 Å². The molecule has 0 atom stereocenters. The molecule has 0 radical (unpaired) electrons. The highest BCUT2D eigenvalue weighted by Gasteiger charge is 2.30. The second-order valence-electron chi connectivity index (χ2n) is 4.40. The van der Waals surface area contributed by atoms with Crippen molar-refractivity contribution in [1.82, 2.24) is 0 Å². The molecular formula is C13H13Cl2NO5S. The van der Waals surface area contributed by atoms with E-state index in [9.17, 15) is 18.6 Å². The molecule has 6 nitrogen and oxygen atoms in total. The van der Waals surface area contributed by atoms with Gasteiger partial charge in [-0.15, -0.1) is 0 Å². The molecule has 0 aliphatic rings. The standard InChI is InChI=1S/C13H13Cl2NO5S/c1-3-22(19,20)16(2)13-11(18)10(17)12(21-13)9-7(14)5-4-6-8(9)15/h4-6,17-18H,3H2,1-2H3. The second kappa shape index (κ2) is 5.91. The normalized spacial score (nSPS) is 11.6. The zero-order chi connectivity index (χ0) is 16.7. The van der Waals surface area contributed by atoms with E-state index in [1.54, 1.807) is 6.07 Å². The van der Waals surface area contributed by atoms with Crippen LogP contribution in [0.5, 0.6) is 11.5 Å². The minimum absolute atomic E-state index is 0.159. The van der Waals surface area contributed by atoms with Crippen molar-refractivity contribution >= 4 is 39.1 Å². The van der Waals surface area contributed by atoms with Crippen molar-refractivity contribution in [2.75, 3.05) is 17.1 Å². The molecular weight excluding hydrogens is 353 g/mol. The van der Waals surface area contributed by atoms with Crippen LogP contribution in [-0.4, -0.2) is 31.4 Å². The first-order valence-electron chi connectivity index (χ1n) is 6.16. The number of rotatable bonds is 4. The lowest BCUT2D eigenvalue weighted by Gasteiger charge is -2.15. The summed E-state index contributed by atoms with van der Waals surface area (Å²) in [4.78, 5) is 0. The molecule has 0 aliphatic heterocycles. The molecule has 9 heteroatoms. The molecule has 1 aromatic heterocycles. The van der Waals surface area contributed by atoms with Gasteiger partial charge in [0.2, 0.25) is 21.5 Å². The highest BCUT2D eigenvalue weighted by Crippen LogP contribution is 2.50. The third-order valence-corrected chi connectivity index (χ3v) is 5.46. The minimum Gasteiger partial charge on any atom is -0.502 e. The maximum Gasteiger partial charge on any atom is 0.256 e. The number of aromatic hydroxyl groups is 2. The van der Waals surface area contributed by atoms with E-state index in [2.05, 4.69) is 0 Å². The molecule has 0 bridgehead atoms. The van der Waals surface area contributed by atoms with E-state index in [1.165, 1.54) is 26.1 Å². The van der Waals surface area contributed by atoms with Crippen LogP contribution in [0, 0.1) is 0 Å². The van der Waals surface area contributed by atoms with Gasteiger partial charge in [-0.2, -0.15) is 0 Å². The Morgan fingerprint density at radius 3 is 2.23 bits per heavy atom. The van der Waals surface area contributed by atoms with Crippen LogP contribution in [-0.2, 0) is 10.0 Å². The van der Waals surface area contributed by atoms with Gasteiger partial charge < -0.3 is 14.6 Å². The summed E-state index contributed by atoms with van der Waals surface area (Å²) < 4.78 is 29.8. The lowest BCUT2D eigenvalue weighted by Crippen LogP contribution is -2.27. The van der Waals surface area contributed by atoms with Crippen LogP contribution in [0.2, 0.25) is 10.0 Å². The van der Waals surface area contributed by atoms with Crippen LogP contribution in [0.1, 0.15) is 6.92 Å². The Bertz CT molecular complexity index is 796. The summed E-state index contributed by atoms with van der Waals surface area (Å²) in [7, 11) is -2.47. The van der Waals surface area contributed by atoms with E-state index in [4.69, 9.17) is 27.6 Å². The average Bonchev–Trinajstić information content (AvgIpc) is 2.75. The molecule has 0 unspecified atom stereocenters. The van der Waals surface area contributed by atoms with Crippen LogP contribution in [0.15, 0.2) is 22.6 Å². The van der Waals surface area contributed by atoms with E-state index in [-0.39, 0.29) is 27.1 Å². The van der Waals surface area contributed by atoms with E-state index in [0.29, 0.717) is 0 Å². The van der Waals surface area contributed by atoms with Gasteiger partial charge in [-0.3, -0.25) is 0 Å². The van der Waals surface area contributed by atoms with Crippen molar-refractivity contribution in [3.8, 4) is 22.8 Å². The lowest BCUT2D eigenvalue weighted by molar-refractivity contribution is 0.409. The SMILES string of the molecule is CCS(=O)(=O)N(C)c1oc(-c2c(Cl)cccc2Cl)c(O)c1O. The van der Waals surface area contributed by atoms with Crippen molar-refractivity contribution in [3.63, 3.8) is 0 Å². The predicted molar refractivity (Wildman–Crippen MR) is 85.4 cm³/mol. The summed E-state index contributed by atoms with van der Waals surface area (Å²) in [5.41, 5.74) is 0.159. The minimum atomic E-state index is -3.68. The van der Waals surface area contributed by atoms with Gasteiger partial charge in [0.15, 0.2) is 5.76 Å². The monoisotopic (exact) mass is 365 g/mol. The number of anilines is 1. The van der Waals surface area contributed by atoms with Crippen LogP contribution in [0.3, 0.4) is 0 Å². The highest BCUT2D eigenvalue weighted by molar-refractivity contribution is 7.92. The molecule has 22 heavy (non-hydrogen) atoms. The zero-order valence-electron chi connectivity index (χ0n) is 11.7. The zero-order valence-corrected chi connectivity index (χ0v) is 14.0. The summed E-state index contributed by atoms with van der Waals surface area (Å²) in [6.45, 7) is 1.44. The molecule has 0 aliphatic carbocycles. The van der Waals surface area contributed by atoms with Gasteiger partial charge in [0.25, 0.3) is 5.88 Å². The Hall–Kier alpha value is -1.57. The van der Waals surface area contributed by atoms with Crippen molar-refractivity contribution in [3.05, 3.63) is 28.2 Å². The number of nitrogens with zero attached hydrogens (tertiary/aromatic N) is 1. The Labute approximate surface area is 137 Å². The van der Waals surface area contributed by atoms with Crippen molar-refractivity contribution < 1.29 is 23.0 Å². The van der Waals surface area contributed by atoms with Gasteiger partial charge in [-0.05, 0) is 19.1 Å². The molecule has 0 fully saturated rings. The smallest absolute Gasteiger partial charge is 0.256 e. The summed E-state index contributed by atoms with van der Waals surface area (Å²) in [6.07, 6.45) is 0. The van der Waals surface area contributed by atoms with Crippen LogP contribution >= 0.6 is 23.2 Å². The number of benzene rings is 1. The molecule has 1 aromatic carbocycles. The van der Waals surface area contributed by atoms with Gasteiger partial charge in [-0.1, -0.05) is 29.3 Å². The number of sulfonamides is 1. The Kier molecular flexibility index (Phi) is 4.51. The third kappa shape index (κ3) is 2.71. The fraction of sp³-hybridized carbons (Fsp3) is 0.231. The van der Waals surface area contributed by atoms with Crippen molar-refractivity contribution in [1.29, 1.82) is 0 Å². The fourth-order valence-corrected chi connectivity index (χ4v) is 3.15. The third-order valence-electron chi connectivity index (χ3n) is 3.10. The van der Waals surface area contributed by atoms with E-state index in [1.807, 2.05) is 0 Å². The van der Waals surface area contributed by atoms with Crippen LogP contribution in [0.4, 0.5) is 5.88 Å². The Balaban J connectivity index is 2.66. The van der Waals surface area contributed by atoms with Gasteiger partial charge >= 0.3 is 0 Å². The summed E-state index contributed by atoms with van der Waals surface area (Å²) in [5, 5.41) is 20.3. The molecule has 1 heterocycles. The molecule has 0 saturated carbocycles. The molecule has 0 saturated heterocycles. The lowest BCUT2D eigenvalue weighted by atomic mass is 10.1. The molecule has 120 valence electrons. The average molecular weight is 366 g/mol. The summed E-state index contributed by atoms with van der Waals surface area (Å²) in [5.74, 6) is -2.16. The van der Waals surface area contributed by atoms with Crippen LogP contribution < -0.4 is 4.31 Å². The molecule has 0 amide bonds. The van der Waals surface area contributed by atoms with Gasteiger partial charge in [-0.25, -0.2) is 12.7 Å². The van der Waals surface area contributed by atoms with Gasteiger partial charge in [0.1, 0.15) is 0 Å². The first-order chi connectivity index (χ1) is 10.2. The molecule has 0 spiro atoms. The Morgan fingerprint density at radius 2 is 1.73 bits per heavy atom. The fourth-order valence-electron chi connectivity index (χ4n) is 1.82. The largest absolute Gasteiger partial charge is 0.502 e. The van der Waals surface area contributed by atoms with Gasteiger partial charge in [0.05, 0.1) is 21.4 Å². The number of hydrogen-bond acceptors (Lipinski definition) is 5. The second-order valence-corrected chi connectivity index (χ2v) is 7.50. The number of halogens is 2. The first-order valence-corrected chi connectivity index (χ1v) is 8.53. The van der Waals surface area contributed by atoms with Crippen LogP contribution in [0.25, 0.3) is 11.3 Å². The van der Waals surface area contributed by atoms with Gasteiger partial charge in [0, 0.05) is 7.05 Å². The molecule has 2 rings (SSSR count). The van der Waals surface area contributed by atoms with Crippen molar-refractivity contribution in [2.45, 2.75) is 6.92 Å². The maximum absolute atomic E-state index is 11.9. The topological polar surface area (TPSA) is 91.0 Å².